The average Bonchev–Trinajstić information content (AvgIpc) is 2.47. The van der Waals surface area contributed by atoms with Gasteiger partial charge in [-0.05, 0) is 30.7 Å². The zero-order chi connectivity index (χ0) is 14.5. The number of hydrogen-bond donors (Lipinski definition) is 2. The predicted octanol–water partition coefficient (Wildman–Crippen LogP) is 2.09. The molecule has 6 nitrogen and oxygen atoms in total. The number of methoxy groups -OCH3 is 1. The van der Waals surface area contributed by atoms with Crippen molar-refractivity contribution in [3.05, 3.63) is 41.9 Å². The molecular weight excluding hydrogens is 256 g/mol. The zero-order valence-corrected chi connectivity index (χ0v) is 11.6. The van der Waals surface area contributed by atoms with E-state index < -0.39 is 0 Å². The van der Waals surface area contributed by atoms with Crippen molar-refractivity contribution in [1.82, 2.24) is 9.97 Å². The van der Waals surface area contributed by atoms with Gasteiger partial charge >= 0.3 is 0 Å². The van der Waals surface area contributed by atoms with E-state index in [4.69, 9.17) is 4.74 Å². The highest BCUT2D eigenvalue weighted by Crippen LogP contribution is 2.21. The van der Waals surface area contributed by atoms with Gasteiger partial charge in [0.25, 0.3) is 5.91 Å². The number of benzene rings is 1. The van der Waals surface area contributed by atoms with E-state index in [1.54, 1.807) is 32.5 Å². The van der Waals surface area contributed by atoms with Crippen LogP contribution in [0.15, 0.2) is 30.6 Å². The van der Waals surface area contributed by atoms with Crippen molar-refractivity contribution >= 4 is 17.4 Å². The normalized spacial score (nSPS) is 9.95. The summed E-state index contributed by atoms with van der Waals surface area (Å²) in [5.41, 5.74) is 1.88. The number of ether oxygens (including phenoxy) is 1. The molecule has 0 aliphatic heterocycles. The molecule has 2 rings (SSSR count). The molecule has 6 heteroatoms. The van der Waals surface area contributed by atoms with Crippen molar-refractivity contribution < 1.29 is 9.53 Å². The molecule has 2 N–H and O–H groups in total. The van der Waals surface area contributed by atoms with Gasteiger partial charge in [0.15, 0.2) is 0 Å². The van der Waals surface area contributed by atoms with Crippen LogP contribution in [0.4, 0.5) is 11.5 Å². The third-order valence-electron chi connectivity index (χ3n) is 2.78. The number of rotatable bonds is 4. The molecule has 2 aromatic rings. The first-order chi connectivity index (χ1) is 9.63. The van der Waals surface area contributed by atoms with E-state index in [0.29, 0.717) is 11.5 Å². The van der Waals surface area contributed by atoms with Crippen LogP contribution in [-0.4, -0.2) is 30.0 Å². The van der Waals surface area contributed by atoms with Crippen LogP contribution in [0.3, 0.4) is 0 Å². The Morgan fingerprint density at radius 1 is 1.30 bits per heavy atom. The molecule has 0 aliphatic rings. The Balaban J connectivity index is 2.16. The molecule has 20 heavy (non-hydrogen) atoms. The molecule has 104 valence electrons. The number of carbonyl (C=O) groups is 1. The lowest BCUT2D eigenvalue weighted by Gasteiger charge is -2.09. The van der Waals surface area contributed by atoms with Crippen molar-refractivity contribution in [2.24, 2.45) is 0 Å². The third kappa shape index (κ3) is 3.03. The Morgan fingerprint density at radius 3 is 2.75 bits per heavy atom. The molecule has 0 saturated heterocycles. The van der Waals surface area contributed by atoms with Gasteiger partial charge in [0.1, 0.15) is 17.3 Å². The highest BCUT2D eigenvalue weighted by molar-refractivity contribution is 6.02. The van der Waals surface area contributed by atoms with Crippen LogP contribution in [0.2, 0.25) is 0 Å². The Hall–Kier alpha value is -2.63. The van der Waals surface area contributed by atoms with Gasteiger partial charge in [0.2, 0.25) is 0 Å². The Labute approximate surface area is 117 Å². The Kier molecular flexibility index (Phi) is 4.14. The summed E-state index contributed by atoms with van der Waals surface area (Å²) in [6.45, 7) is 1.91. The first-order valence-electron chi connectivity index (χ1n) is 6.10. The van der Waals surface area contributed by atoms with Crippen LogP contribution in [0.25, 0.3) is 0 Å². The van der Waals surface area contributed by atoms with Gasteiger partial charge < -0.3 is 15.4 Å². The second-order valence-corrected chi connectivity index (χ2v) is 4.18. The van der Waals surface area contributed by atoms with Gasteiger partial charge in [-0.2, -0.15) is 0 Å². The highest BCUT2D eigenvalue weighted by Gasteiger charge is 2.10. The summed E-state index contributed by atoms with van der Waals surface area (Å²) in [6.07, 6.45) is 2.97. The van der Waals surface area contributed by atoms with E-state index in [0.717, 1.165) is 11.3 Å². The van der Waals surface area contributed by atoms with Gasteiger partial charge in [0, 0.05) is 12.7 Å². The maximum atomic E-state index is 12.1. The van der Waals surface area contributed by atoms with Gasteiger partial charge in [0.05, 0.1) is 19.5 Å². The van der Waals surface area contributed by atoms with E-state index in [-0.39, 0.29) is 11.6 Å². The van der Waals surface area contributed by atoms with E-state index >= 15 is 0 Å². The lowest BCUT2D eigenvalue weighted by Crippen LogP contribution is -2.14. The van der Waals surface area contributed by atoms with Crippen molar-refractivity contribution in [2.45, 2.75) is 6.92 Å². The molecule has 1 heterocycles. The average molecular weight is 272 g/mol. The number of hydrogen-bond acceptors (Lipinski definition) is 5. The summed E-state index contributed by atoms with van der Waals surface area (Å²) in [4.78, 5) is 20.2. The first-order valence-corrected chi connectivity index (χ1v) is 6.10. The summed E-state index contributed by atoms with van der Waals surface area (Å²) < 4.78 is 5.18. The molecule has 0 unspecified atom stereocenters. The summed E-state index contributed by atoms with van der Waals surface area (Å²) in [5.74, 6) is 1.02. The molecule has 0 aliphatic carbocycles. The minimum atomic E-state index is -0.306. The van der Waals surface area contributed by atoms with Gasteiger partial charge in [-0.25, -0.2) is 4.98 Å². The SMILES string of the molecule is CNc1cncc(C(=O)Nc2ccc(OC)c(C)c2)n1. The summed E-state index contributed by atoms with van der Waals surface area (Å²) >= 11 is 0. The number of carbonyl (C=O) groups excluding carboxylic acids is 1. The number of amides is 1. The maximum Gasteiger partial charge on any atom is 0.275 e. The van der Waals surface area contributed by atoms with E-state index in [1.807, 2.05) is 13.0 Å². The summed E-state index contributed by atoms with van der Waals surface area (Å²) in [5, 5.41) is 5.62. The van der Waals surface area contributed by atoms with Crippen molar-refractivity contribution in [3.63, 3.8) is 0 Å². The van der Waals surface area contributed by atoms with E-state index in [9.17, 15) is 4.79 Å². The second-order valence-electron chi connectivity index (χ2n) is 4.18. The van der Waals surface area contributed by atoms with E-state index in [2.05, 4.69) is 20.6 Å². The number of nitrogens with one attached hydrogen (secondary N) is 2. The highest BCUT2D eigenvalue weighted by atomic mass is 16.5. The Morgan fingerprint density at radius 2 is 2.10 bits per heavy atom. The fourth-order valence-electron chi connectivity index (χ4n) is 1.75. The van der Waals surface area contributed by atoms with Crippen molar-refractivity contribution in [2.75, 3.05) is 24.8 Å². The molecule has 0 bridgehead atoms. The molecule has 1 amide bonds. The zero-order valence-electron chi connectivity index (χ0n) is 11.6. The van der Waals surface area contributed by atoms with Gasteiger partial charge in [-0.3, -0.25) is 9.78 Å². The predicted molar refractivity (Wildman–Crippen MR) is 77.3 cm³/mol. The van der Waals surface area contributed by atoms with Gasteiger partial charge in [-0.15, -0.1) is 0 Å². The monoisotopic (exact) mass is 272 g/mol. The van der Waals surface area contributed by atoms with Gasteiger partial charge in [-0.1, -0.05) is 0 Å². The van der Waals surface area contributed by atoms with Crippen molar-refractivity contribution in [1.29, 1.82) is 0 Å². The smallest absolute Gasteiger partial charge is 0.275 e. The molecule has 0 fully saturated rings. The van der Waals surface area contributed by atoms with Crippen molar-refractivity contribution in [3.8, 4) is 5.75 Å². The first kappa shape index (κ1) is 13.8. The molecular formula is C14H16N4O2. The molecule has 0 atom stereocenters. The lowest BCUT2D eigenvalue weighted by molar-refractivity contribution is 0.102. The van der Waals surface area contributed by atoms with Crippen LogP contribution in [0.1, 0.15) is 16.1 Å². The Bertz CT molecular complexity index is 628. The minimum Gasteiger partial charge on any atom is -0.496 e. The van der Waals surface area contributed by atoms with E-state index in [1.165, 1.54) is 6.20 Å². The largest absolute Gasteiger partial charge is 0.496 e. The van der Waals surface area contributed by atoms with Crippen LogP contribution < -0.4 is 15.4 Å². The summed E-state index contributed by atoms with van der Waals surface area (Å²) in [6, 6.07) is 5.42. The molecule has 0 saturated carbocycles. The molecule has 1 aromatic carbocycles. The van der Waals surface area contributed by atoms with Crippen LogP contribution >= 0.6 is 0 Å². The summed E-state index contributed by atoms with van der Waals surface area (Å²) in [7, 11) is 3.33. The fourth-order valence-corrected chi connectivity index (χ4v) is 1.75. The molecule has 1 aromatic heterocycles. The minimum absolute atomic E-state index is 0.255. The fraction of sp³-hybridized carbons (Fsp3) is 0.214. The van der Waals surface area contributed by atoms with Crippen LogP contribution in [0, 0.1) is 6.92 Å². The lowest BCUT2D eigenvalue weighted by atomic mass is 10.2. The standard InChI is InChI=1S/C14H16N4O2/c1-9-6-10(4-5-12(9)20-3)17-14(19)11-7-16-8-13(15-2)18-11/h4-8H,1-3H3,(H,15,18)(H,17,19). The number of nitrogens with zero attached hydrogens (tertiary/aromatic N) is 2. The third-order valence-corrected chi connectivity index (χ3v) is 2.78. The number of aryl methyl sites for hydroxylation is 1. The van der Waals surface area contributed by atoms with Crippen LogP contribution in [0.5, 0.6) is 5.75 Å². The quantitative estimate of drug-likeness (QED) is 0.891. The maximum absolute atomic E-state index is 12.1. The molecule has 0 radical (unpaired) electrons. The molecule has 0 spiro atoms. The number of anilines is 2. The number of aromatic nitrogens is 2. The topological polar surface area (TPSA) is 76.1 Å². The second kappa shape index (κ2) is 6.01. The van der Waals surface area contributed by atoms with Crippen LogP contribution in [-0.2, 0) is 0 Å².